The SMILES string of the molecule is Cc1ccc2nc(-c3cc(NC(=S)NC(=O)c4cccc(OCc5ccccc5)c4)ccc3O)oc2c1. The molecule has 0 aliphatic heterocycles. The van der Waals surface area contributed by atoms with Gasteiger partial charge < -0.3 is 19.6 Å². The number of carbonyl (C=O) groups is 1. The second-order valence-corrected chi connectivity index (χ2v) is 8.84. The van der Waals surface area contributed by atoms with Crippen molar-refractivity contribution in [3.8, 4) is 23.0 Å². The number of thiocarbonyl (C=S) groups is 1. The van der Waals surface area contributed by atoms with Crippen molar-refractivity contribution in [1.82, 2.24) is 10.3 Å². The Hall–Kier alpha value is -4.69. The summed E-state index contributed by atoms with van der Waals surface area (Å²) in [7, 11) is 0. The van der Waals surface area contributed by atoms with Gasteiger partial charge in [-0.25, -0.2) is 4.98 Å². The van der Waals surface area contributed by atoms with Gasteiger partial charge in [0, 0.05) is 11.3 Å². The normalized spacial score (nSPS) is 10.7. The van der Waals surface area contributed by atoms with Crippen LogP contribution in [0.1, 0.15) is 21.5 Å². The Morgan fingerprint density at radius 1 is 1.00 bits per heavy atom. The molecule has 3 N–H and O–H groups in total. The maximum absolute atomic E-state index is 12.8. The number of oxazole rings is 1. The van der Waals surface area contributed by atoms with Gasteiger partial charge in [-0.3, -0.25) is 10.1 Å². The number of benzene rings is 4. The van der Waals surface area contributed by atoms with Crippen LogP contribution in [-0.4, -0.2) is 21.1 Å². The highest BCUT2D eigenvalue weighted by Gasteiger charge is 2.15. The summed E-state index contributed by atoms with van der Waals surface area (Å²) in [4.78, 5) is 17.2. The van der Waals surface area contributed by atoms with Gasteiger partial charge in [0.05, 0.1) is 5.56 Å². The minimum Gasteiger partial charge on any atom is -0.507 e. The van der Waals surface area contributed by atoms with E-state index >= 15 is 0 Å². The number of aromatic nitrogens is 1. The number of aromatic hydroxyl groups is 1. The second-order valence-electron chi connectivity index (χ2n) is 8.43. The molecule has 1 aromatic heterocycles. The molecule has 0 aliphatic carbocycles. The highest BCUT2D eigenvalue weighted by atomic mass is 32.1. The van der Waals surface area contributed by atoms with E-state index in [2.05, 4.69) is 15.6 Å². The number of nitrogens with zero attached hydrogens (tertiary/aromatic N) is 1. The molecule has 1 heterocycles. The third kappa shape index (κ3) is 5.76. The zero-order valence-corrected chi connectivity index (χ0v) is 20.7. The van der Waals surface area contributed by atoms with Gasteiger partial charge in [-0.15, -0.1) is 0 Å². The van der Waals surface area contributed by atoms with E-state index in [-0.39, 0.29) is 22.7 Å². The third-order valence-corrected chi connectivity index (χ3v) is 5.80. The number of rotatable bonds is 6. The molecule has 184 valence electrons. The van der Waals surface area contributed by atoms with Gasteiger partial charge in [0.1, 0.15) is 23.6 Å². The van der Waals surface area contributed by atoms with E-state index in [1.165, 1.54) is 6.07 Å². The fourth-order valence-electron chi connectivity index (χ4n) is 3.74. The molecule has 4 aromatic carbocycles. The van der Waals surface area contributed by atoms with E-state index in [9.17, 15) is 9.90 Å². The first-order chi connectivity index (χ1) is 17.9. The van der Waals surface area contributed by atoms with E-state index < -0.39 is 0 Å². The van der Waals surface area contributed by atoms with Gasteiger partial charge in [0.15, 0.2) is 10.7 Å². The molecule has 5 rings (SSSR count). The Morgan fingerprint density at radius 3 is 2.68 bits per heavy atom. The monoisotopic (exact) mass is 509 g/mol. The van der Waals surface area contributed by atoms with Crippen molar-refractivity contribution < 1.29 is 19.1 Å². The Balaban J connectivity index is 1.25. The van der Waals surface area contributed by atoms with E-state index in [0.717, 1.165) is 11.1 Å². The molecule has 0 saturated carbocycles. The number of ether oxygens (including phenoxy) is 1. The first-order valence-electron chi connectivity index (χ1n) is 11.5. The molecule has 8 heteroatoms. The maximum atomic E-state index is 12.8. The summed E-state index contributed by atoms with van der Waals surface area (Å²) in [6.45, 7) is 2.36. The van der Waals surface area contributed by atoms with Gasteiger partial charge in [0.25, 0.3) is 5.91 Å². The summed E-state index contributed by atoms with van der Waals surface area (Å²) in [5.74, 6) is 0.489. The molecule has 0 spiro atoms. The summed E-state index contributed by atoms with van der Waals surface area (Å²) >= 11 is 5.34. The van der Waals surface area contributed by atoms with Crippen molar-refractivity contribution in [2.24, 2.45) is 0 Å². The van der Waals surface area contributed by atoms with Crippen LogP contribution in [0.15, 0.2) is 95.4 Å². The summed E-state index contributed by atoms with van der Waals surface area (Å²) in [5.41, 5.74) is 4.76. The first kappa shape index (κ1) is 24.0. The Morgan fingerprint density at radius 2 is 1.84 bits per heavy atom. The van der Waals surface area contributed by atoms with E-state index in [1.54, 1.807) is 36.4 Å². The fraction of sp³-hybridized carbons (Fsp3) is 0.0690. The number of hydrogen-bond acceptors (Lipinski definition) is 6. The number of carbonyl (C=O) groups excluding carboxylic acids is 1. The topological polar surface area (TPSA) is 96.6 Å². The van der Waals surface area contributed by atoms with Crippen LogP contribution < -0.4 is 15.4 Å². The number of aryl methyl sites for hydroxylation is 1. The lowest BCUT2D eigenvalue weighted by Crippen LogP contribution is -2.34. The molecule has 0 unspecified atom stereocenters. The van der Waals surface area contributed by atoms with Crippen molar-refractivity contribution in [2.45, 2.75) is 13.5 Å². The van der Waals surface area contributed by atoms with Crippen LogP contribution in [0.5, 0.6) is 11.5 Å². The Labute approximate surface area is 218 Å². The number of hydrogen-bond donors (Lipinski definition) is 3. The van der Waals surface area contributed by atoms with Crippen LogP contribution in [0.25, 0.3) is 22.6 Å². The van der Waals surface area contributed by atoms with E-state index in [4.69, 9.17) is 21.4 Å². The van der Waals surface area contributed by atoms with Crippen LogP contribution in [-0.2, 0) is 6.61 Å². The van der Waals surface area contributed by atoms with Crippen molar-refractivity contribution >= 4 is 40.0 Å². The number of nitrogens with one attached hydrogen (secondary N) is 2. The highest BCUT2D eigenvalue weighted by Crippen LogP contribution is 2.33. The molecule has 0 bridgehead atoms. The van der Waals surface area contributed by atoms with Crippen LogP contribution in [0.4, 0.5) is 5.69 Å². The number of amides is 1. The second kappa shape index (κ2) is 10.5. The van der Waals surface area contributed by atoms with Gasteiger partial charge in [-0.1, -0.05) is 42.5 Å². The molecule has 0 fully saturated rings. The molecule has 0 saturated heterocycles. The highest BCUT2D eigenvalue weighted by molar-refractivity contribution is 7.80. The molecule has 37 heavy (non-hydrogen) atoms. The number of anilines is 1. The zero-order chi connectivity index (χ0) is 25.8. The molecular weight excluding hydrogens is 486 g/mol. The Bertz CT molecular complexity index is 1600. The smallest absolute Gasteiger partial charge is 0.257 e. The van der Waals surface area contributed by atoms with Gasteiger partial charge in [0.2, 0.25) is 5.89 Å². The molecule has 7 nitrogen and oxygen atoms in total. The van der Waals surface area contributed by atoms with E-state index in [0.29, 0.717) is 40.3 Å². The van der Waals surface area contributed by atoms with Crippen molar-refractivity contribution in [3.05, 3.63) is 108 Å². The summed E-state index contributed by atoms with van der Waals surface area (Å²) < 4.78 is 11.7. The standard InChI is InChI=1S/C29H23N3O4S/c1-18-10-12-24-26(14-18)36-28(31-24)23-16-21(11-13-25(23)33)30-29(37)32-27(34)20-8-5-9-22(15-20)35-17-19-6-3-2-4-7-19/h2-16,33H,17H2,1H3,(H2,30,32,34,37). The van der Waals surface area contributed by atoms with Crippen molar-refractivity contribution in [1.29, 1.82) is 0 Å². The number of phenolic OH excluding ortho intramolecular Hbond substituents is 1. The van der Waals surface area contributed by atoms with Crippen LogP contribution >= 0.6 is 12.2 Å². The fourth-order valence-corrected chi connectivity index (χ4v) is 3.95. The average Bonchev–Trinajstić information content (AvgIpc) is 3.32. The summed E-state index contributed by atoms with van der Waals surface area (Å²) in [5, 5.41) is 16.1. The van der Waals surface area contributed by atoms with Gasteiger partial charge >= 0.3 is 0 Å². The van der Waals surface area contributed by atoms with Crippen LogP contribution in [0.2, 0.25) is 0 Å². The lowest BCUT2D eigenvalue weighted by Gasteiger charge is -2.12. The lowest BCUT2D eigenvalue weighted by atomic mass is 10.1. The summed E-state index contributed by atoms with van der Waals surface area (Å²) in [6.07, 6.45) is 0. The third-order valence-electron chi connectivity index (χ3n) is 5.60. The molecule has 1 amide bonds. The molecule has 0 radical (unpaired) electrons. The van der Waals surface area contributed by atoms with Crippen molar-refractivity contribution in [3.63, 3.8) is 0 Å². The molecular formula is C29H23N3O4S. The maximum Gasteiger partial charge on any atom is 0.257 e. The molecule has 0 atom stereocenters. The Kier molecular flexibility index (Phi) is 6.83. The van der Waals surface area contributed by atoms with E-state index in [1.807, 2.05) is 55.5 Å². The quantitative estimate of drug-likeness (QED) is 0.185. The van der Waals surface area contributed by atoms with Crippen molar-refractivity contribution in [2.75, 3.05) is 5.32 Å². The lowest BCUT2D eigenvalue weighted by molar-refractivity contribution is 0.0977. The number of fused-ring (bicyclic) bond motifs is 1. The predicted octanol–water partition coefficient (Wildman–Crippen LogP) is 6.21. The van der Waals surface area contributed by atoms with Gasteiger partial charge in [-0.05, 0) is 78.8 Å². The molecule has 0 aliphatic rings. The number of phenols is 1. The minimum atomic E-state index is -0.379. The first-order valence-corrected chi connectivity index (χ1v) is 12.0. The van der Waals surface area contributed by atoms with Crippen LogP contribution in [0.3, 0.4) is 0 Å². The average molecular weight is 510 g/mol. The molecule has 5 aromatic rings. The van der Waals surface area contributed by atoms with Crippen LogP contribution in [0, 0.1) is 6.92 Å². The van der Waals surface area contributed by atoms with Gasteiger partial charge in [-0.2, -0.15) is 0 Å². The zero-order valence-electron chi connectivity index (χ0n) is 19.9. The minimum absolute atomic E-state index is 0.0103. The predicted molar refractivity (Wildman–Crippen MR) is 147 cm³/mol. The summed E-state index contributed by atoms with van der Waals surface area (Å²) in [6, 6.07) is 27.2. The largest absolute Gasteiger partial charge is 0.507 e.